The molecule has 1 aromatic carbocycles. The summed E-state index contributed by atoms with van der Waals surface area (Å²) in [6.45, 7) is 1.28. The molecule has 5 rings (SSSR count). The predicted molar refractivity (Wildman–Crippen MR) is 105 cm³/mol. The molecular weight excluding hydrogens is 358 g/mol. The Kier molecular flexibility index (Phi) is 3.58. The standard InChI is InChI=1S/C19H19N7O2/c1-24-10-22-13-5-2-6-14(15(13)18(24)28)26-9-11-4-3-7-25(11)16-12(17(26)27)8-21-19(20)23-16/h2,5-6,8,10-11H,3-4,7,9H2,1H3,(H2,20,21,23)/t11-/m0/s1. The van der Waals surface area contributed by atoms with Gasteiger partial charge in [0, 0.05) is 32.4 Å². The summed E-state index contributed by atoms with van der Waals surface area (Å²) in [7, 11) is 1.65. The van der Waals surface area contributed by atoms with E-state index in [-0.39, 0.29) is 23.5 Å². The summed E-state index contributed by atoms with van der Waals surface area (Å²) in [6, 6.07) is 5.50. The van der Waals surface area contributed by atoms with E-state index in [1.54, 1.807) is 24.1 Å². The lowest BCUT2D eigenvalue weighted by atomic mass is 10.1. The Bertz CT molecular complexity index is 1170. The minimum Gasteiger partial charge on any atom is -0.368 e. The van der Waals surface area contributed by atoms with Crippen molar-refractivity contribution in [1.82, 2.24) is 19.5 Å². The summed E-state index contributed by atoms with van der Waals surface area (Å²) in [4.78, 5) is 42.8. The van der Waals surface area contributed by atoms with Crippen molar-refractivity contribution in [2.45, 2.75) is 18.9 Å². The second-order valence-corrected chi connectivity index (χ2v) is 7.20. The van der Waals surface area contributed by atoms with Gasteiger partial charge in [-0.1, -0.05) is 6.07 Å². The van der Waals surface area contributed by atoms with Gasteiger partial charge in [0.25, 0.3) is 11.5 Å². The van der Waals surface area contributed by atoms with E-state index in [1.165, 1.54) is 17.1 Å². The van der Waals surface area contributed by atoms with E-state index in [1.807, 2.05) is 6.07 Å². The molecule has 2 N–H and O–H groups in total. The molecule has 0 spiro atoms. The van der Waals surface area contributed by atoms with Crippen molar-refractivity contribution >= 4 is 34.3 Å². The van der Waals surface area contributed by atoms with E-state index in [9.17, 15) is 9.59 Å². The Morgan fingerprint density at radius 1 is 1.21 bits per heavy atom. The molecular formula is C19H19N7O2. The van der Waals surface area contributed by atoms with Crippen molar-refractivity contribution in [2.75, 3.05) is 28.6 Å². The molecule has 4 heterocycles. The molecule has 0 radical (unpaired) electrons. The molecule has 1 amide bonds. The Morgan fingerprint density at radius 3 is 2.93 bits per heavy atom. The largest absolute Gasteiger partial charge is 0.368 e. The number of benzene rings is 1. The van der Waals surface area contributed by atoms with E-state index in [4.69, 9.17) is 5.73 Å². The second-order valence-electron chi connectivity index (χ2n) is 7.20. The topological polar surface area (TPSA) is 110 Å². The van der Waals surface area contributed by atoms with Crippen LogP contribution in [0, 0.1) is 0 Å². The number of fused-ring (bicyclic) bond motifs is 4. The number of aromatic nitrogens is 4. The minimum absolute atomic E-state index is 0.107. The lowest BCUT2D eigenvalue weighted by molar-refractivity contribution is 0.0988. The smallest absolute Gasteiger partial charge is 0.263 e. The van der Waals surface area contributed by atoms with E-state index in [0.29, 0.717) is 34.5 Å². The van der Waals surface area contributed by atoms with Gasteiger partial charge in [0.15, 0.2) is 0 Å². The first-order valence-electron chi connectivity index (χ1n) is 9.20. The maximum Gasteiger partial charge on any atom is 0.263 e. The normalized spacial score (nSPS) is 18.9. The molecule has 0 aliphatic carbocycles. The maximum atomic E-state index is 13.5. The fraction of sp³-hybridized carbons (Fsp3) is 0.316. The predicted octanol–water partition coefficient (Wildman–Crippen LogP) is 0.935. The molecule has 9 nitrogen and oxygen atoms in total. The van der Waals surface area contributed by atoms with Gasteiger partial charge >= 0.3 is 0 Å². The van der Waals surface area contributed by atoms with Gasteiger partial charge in [0.05, 0.1) is 22.9 Å². The highest BCUT2D eigenvalue weighted by atomic mass is 16.2. The fourth-order valence-corrected chi connectivity index (χ4v) is 4.16. The first kappa shape index (κ1) is 16.7. The van der Waals surface area contributed by atoms with E-state index < -0.39 is 0 Å². The molecule has 9 heteroatoms. The van der Waals surface area contributed by atoms with Gasteiger partial charge in [-0.2, -0.15) is 4.98 Å². The first-order chi connectivity index (χ1) is 13.5. The van der Waals surface area contributed by atoms with Gasteiger partial charge in [-0.15, -0.1) is 0 Å². The molecule has 2 aliphatic heterocycles. The van der Waals surface area contributed by atoms with Crippen LogP contribution in [0.15, 0.2) is 35.5 Å². The molecule has 2 aliphatic rings. The van der Waals surface area contributed by atoms with Gasteiger partial charge in [0.1, 0.15) is 11.4 Å². The third kappa shape index (κ3) is 2.35. The third-order valence-corrected chi connectivity index (χ3v) is 5.52. The SMILES string of the molecule is Cn1cnc2cccc(N3C[C@@H]4CCCN4c4nc(N)ncc4C3=O)c2c1=O. The summed E-state index contributed by atoms with van der Waals surface area (Å²) in [5.41, 5.74) is 7.13. The fourth-order valence-electron chi connectivity index (χ4n) is 4.16. The highest BCUT2D eigenvalue weighted by Gasteiger charge is 2.38. The summed E-state index contributed by atoms with van der Waals surface area (Å²) in [5.74, 6) is 0.491. The lowest BCUT2D eigenvalue weighted by Gasteiger charge is -2.27. The van der Waals surface area contributed by atoms with Crippen molar-refractivity contribution in [2.24, 2.45) is 7.05 Å². The Morgan fingerprint density at radius 2 is 2.07 bits per heavy atom. The summed E-state index contributed by atoms with van der Waals surface area (Å²) >= 11 is 0. The monoisotopic (exact) mass is 377 g/mol. The van der Waals surface area contributed by atoms with E-state index >= 15 is 0 Å². The van der Waals surface area contributed by atoms with Crippen molar-refractivity contribution in [3.8, 4) is 0 Å². The van der Waals surface area contributed by atoms with Crippen LogP contribution in [0.1, 0.15) is 23.2 Å². The van der Waals surface area contributed by atoms with Crippen LogP contribution in [0.5, 0.6) is 0 Å². The average molecular weight is 377 g/mol. The zero-order valence-electron chi connectivity index (χ0n) is 15.4. The molecule has 0 unspecified atom stereocenters. The molecule has 1 saturated heterocycles. The van der Waals surface area contributed by atoms with Crippen LogP contribution in [0.4, 0.5) is 17.5 Å². The number of rotatable bonds is 1. The molecule has 142 valence electrons. The molecule has 0 bridgehead atoms. The molecule has 1 fully saturated rings. The van der Waals surface area contributed by atoms with Crippen molar-refractivity contribution in [3.05, 3.63) is 46.6 Å². The maximum absolute atomic E-state index is 13.5. The third-order valence-electron chi connectivity index (χ3n) is 5.52. The first-order valence-corrected chi connectivity index (χ1v) is 9.20. The Balaban J connectivity index is 1.74. The van der Waals surface area contributed by atoms with E-state index in [0.717, 1.165) is 19.4 Å². The van der Waals surface area contributed by atoms with Crippen molar-refractivity contribution < 1.29 is 4.79 Å². The zero-order valence-corrected chi connectivity index (χ0v) is 15.4. The molecule has 0 saturated carbocycles. The van der Waals surface area contributed by atoms with Crippen LogP contribution >= 0.6 is 0 Å². The van der Waals surface area contributed by atoms with Crippen LogP contribution in [-0.4, -0.2) is 44.6 Å². The highest BCUT2D eigenvalue weighted by molar-refractivity contribution is 6.13. The minimum atomic E-state index is -0.234. The summed E-state index contributed by atoms with van der Waals surface area (Å²) in [5, 5.41) is 0.435. The zero-order chi connectivity index (χ0) is 19.4. The highest BCUT2D eigenvalue weighted by Crippen LogP contribution is 2.35. The Hall–Kier alpha value is -3.49. The summed E-state index contributed by atoms with van der Waals surface area (Å²) < 4.78 is 1.42. The van der Waals surface area contributed by atoms with Crippen LogP contribution in [0.3, 0.4) is 0 Å². The number of amides is 1. The number of aryl methyl sites for hydroxylation is 1. The number of carbonyl (C=O) groups is 1. The number of nitrogens with two attached hydrogens (primary N) is 1. The second kappa shape index (κ2) is 6.01. The summed E-state index contributed by atoms with van der Waals surface area (Å²) in [6.07, 6.45) is 4.92. The van der Waals surface area contributed by atoms with Crippen LogP contribution in [0.2, 0.25) is 0 Å². The number of anilines is 3. The van der Waals surface area contributed by atoms with Gasteiger partial charge in [-0.05, 0) is 25.0 Å². The van der Waals surface area contributed by atoms with E-state index in [2.05, 4.69) is 19.9 Å². The van der Waals surface area contributed by atoms with Crippen LogP contribution in [0.25, 0.3) is 10.9 Å². The van der Waals surface area contributed by atoms with Gasteiger partial charge in [-0.3, -0.25) is 9.59 Å². The average Bonchev–Trinajstić information content (AvgIpc) is 3.12. The van der Waals surface area contributed by atoms with Gasteiger partial charge in [0.2, 0.25) is 5.95 Å². The number of hydrogen-bond acceptors (Lipinski definition) is 7. The van der Waals surface area contributed by atoms with Gasteiger partial charge in [-0.25, -0.2) is 9.97 Å². The molecule has 1 atom stereocenters. The molecule has 28 heavy (non-hydrogen) atoms. The molecule has 2 aromatic heterocycles. The lowest BCUT2D eigenvalue weighted by Crippen LogP contribution is -2.40. The number of nitrogen functional groups attached to an aromatic ring is 1. The van der Waals surface area contributed by atoms with Crippen LogP contribution < -0.4 is 21.1 Å². The quantitative estimate of drug-likeness (QED) is 0.672. The Labute approximate surface area is 160 Å². The van der Waals surface area contributed by atoms with Crippen molar-refractivity contribution in [3.63, 3.8) is 0 Å². The number of hydrogen-bond donors (Lipinski definition) is 1. The molecule has 3 aromatic rings. The number of carbonyl (C=O) groups excluding carboxylic acids is 1. The van der Waals surface area contributed by atoms with Crippen molar-refractivity contribution in [1.29, 1.82) is 0 Å². The van der Waals surface area contributed by atoms with Crippen LogP contribution in [-0.2, 0) is 7.05 Å². The van der Waals surface area contributed by atoms with Gasteiger partial charge < -0.3 is 20.1 Å². The number of nitrogens with zero attached hydrogens (tertiary/aromatic N) is 6.